The van der Waals surface area contributed by atoms with Crippen molar-refractivity contribution >= 4 is 18.4 Å². The standard InChI is InChI=1S/C8H8FNO3.ClH/c9-3-4-13-6-1-2-7(8(11)12)10-5-6;/h1-2,5H,3-4H2,(H,11,12);1H. The number of carboxylic acids is 1. The van der Waals surface area contributed by atoms with Gasteiger partial charge in [-0.05, 0) is 12.1 Å². The van der Waals surface area contributed by atoms with Gasteiger partial charge in [0, 0.05) is 0 Å². The van der Waals surface area contributed by atoms with Gasteiger partial charge in [-0.15, -0.1) is 12.4 Å². The second-order valence-electron chi connectivity index (χ2n) is 2.22. The Morgan fingerprint density at radius 3 is 2.71 bits per heavy atom. The van der Waals surface area contributed by atoms with E-state index in [2.05, 4.69) is 4.98 Å². The molecule has 0 radical (unpaired) electrons. The van der Waals surface area contributed by atoms with Crippen LogP contribution in [-0.4, -0.2) is 29.3 Å². The van der Waals surface area contributed by atoms with Crippen LogP contribution in [0.15, 0.2) is 18.3 Å². The third kappa shape index (κ3) is 3.57. The number of alkyl halides is 1. The fourth-order valence-corrected chi connectivity index (χ4v) is 0.749. The van der Waals surface area contributed by atoms with E-state index in [4.69, 9.17) is 9.84 Å². The minimum Gasteiger partial charge on any atom is -0.489 e. The zero-order valence-corrected chi connectivity index (χ0v) is 7.96. The molecule has 1 aromatic heterocycles. The first-order valence-corrected chi connectivity index (χ1v) is 3.62. The van der Waals surface area contributed by atoms with Crippen molar-refractivity contribution in [3.63, 3.8) is 0 Å². The lowest BCUT2D eigenvalue weighted by atomic mass is 10.3. The summed E-state index contributed by atoms with van der Waals surface area (Å²) in [4.78, 5) is 13.9. The number of carboxylic acid groups (broad SMARTS) is 1. The van der Waals surface area contributed by atoms with Gasteiger partial charge in [0.05, 0.1) is 6.20 Å². The average Bonchev–Trinajstić information content (AvgIpc) is 2.15. The Morgan fingerprint density at radius 1 is 1.57 bits per heavy atom. The van der Waals surface area contributed by atoms with Crippen LogP contribution in [0.2, 0.25) is 0 Å². The molecule has 0 fully saturated rings. The molecule has 0 bridgehead atoms. The molecule has 0 unspecified atom stereocenters. The third-order valence-corrected chi connectivity index (χ3v) is 1.30. The first kappa shape index (κ1) is 12.6. The second-order valence-corrected chi connectivity index (χ2v) is 2.22. The monoisotopic (exact) mass is 221 g/mol. The summed E-state index contributed by atoms with van der Waals surface area (Å²) < 4.78 is 16.5. The number of halogens is 2. The minimum atomic E-state index is -1.10. The molecule has 0 atom stereocenters. The van der Waals surface area contributed by atoms with E-state index in [1.165, 1.54) is 18.3 Å². The maximum Gasteiger partial charge on any atom is 0.354 e. The zero-order valence-electron chi connectivity index (χ0n) is 7.14. The van der Waals surface area contributed by atoms with Crippen molar-refractivity contribution in [1.29, 1.82) is 0 Å². The zero-order chi connectivity index (χ0) is 9.68. The maximum atomic E-state index is 11.6. The molecule has 1 N–H and O–H groups in total. The molecule has 1 heterocycles. The van der Waals surface area contributed by atoms with E-state index in [-0.39, 0.29) is 24.7 Å². The SMILES string of the molecule is Cl.O=C(O)c1ccc(OCCF)cn1. The Balaban J connectivity index is 0.00000169. The molecule has 1 rings (SSSR count). The van der Waals surface area contributed by atoms with Gasteiger partial charge in [-0.25, -0.2) is 14.2 Å². The van der Waals surface area contributed by atoms with Gasteiger partial charge in [-0.2, -0.15) is 0 Å². The summed E-state index contributed by atoms with van der Waals surface area (Å²) in [6.45, 7) is -0.630. The Labute approximate surface area is 86.1 Å². The van der Waals surface area contributed by atoms with Crippen molar-refractivity contribution in [2.45, 2.75) is 0 Å². The lowest BCUT2D eigenvalue weighted by Gasteiger charge is -2.01. The molecule has 4 nitrogen and oxygen atoms in total. The molecular formula is C8H9ClFNO3. The number of hydrogen-bond donors (Lipinski definition) is 1. The fourth-order valence-electron chi connectivity index (χ4n) is 0.749. The molecule has 0 amide bonds. The maximum absolute atomic E-state index is 11.6. The first-order chi connectivity index (χ1) is 6.24. The number of aromatic carboxylic acids is 1. The number of aromatic nitrogens is 1. The Morgan fingerprint density at radius 2 is 2.29 bits per heavy atom. The molecule has 14 heavy (non-hydrogen) atoms. The van der Waals surface area contributed by atoms with Gasteiger partial charge in [0.1, 0.15) is 24.7 Å². The van der Waals surface area contributed by atoms with Gasteiger partial charge >= 0.3 is 5.97 Å². The summed E-state index contributed by atoms with van der Waals surface area (Å²) in [5, 5.41) is 8.49. The highest BCUT2D eigenvalue weighted by Gasteiger charge is 2.03. The van der Waals surface area contributed by atoms with Gasteiger partial charge in [-0.3, -0.25) is 0 Å². The molecule has 0 aliphatic carbocycles. The summed E-state index contributed by atoms with van der Waals surface area (Å²) in [7, 11) is 0. The molecule has 0 aliphatic rings. The largest absolute Gasteiger partial charge is 0.489 e. The van der Waals surface area contributed by atoms with Gasteiger partial charge in [0.2, 0.25) is 0 Å². The number of pyridine rings is 1. The summed E-state index contributed by atoms with van der Waals surface area (Å²) >= 11 is 0. The van der Waals surface area contributed by atoms with Crippen molar-refractivity contribution in [3.8, 4) is 5.75 Å². The summed E-state index contributed by atoms with van der Waals surface area (Å²) in [6.07, 6.45) is 1.25. The highest BCUT2D eigenvalue weighted by molar-refractivity contribution is 5.85. The first-order valence-electron chi connectivity index (χ1n) is 3.62. The topological polar surface area (TPSA) is 59.4 Å². The van der Waals surface area contributed by atoms with E-state index in [0.717, 1.165) is 0 Å². The minimum absolute atomic E-state index is 0. The molecule has 0 saturated carbocycles. The van der Waals surface area contributed by atoms with Crippen LogP contribution in [0.3, 0.4) is 0 Å². The normalized spacial score (nSPS) is 8.93. The van der Waals surface area contributed by atoms with E-state index in [0.29, 0.717) is 5.75 Å². The Hall–Kier alpha value is -1.36. The molecule has 78 valence electrons. The molecule has 6 heteroatoms. The van der Waals surface area contributed by atoms with Crippen LogP contribution in [0.1, 0.15) is 10.5 Å². The van der Waals surface area contributed by atoms with E-state index >= 15 is 0 Å². The number of hydrogen-bond acceptors (Lipinski definition) is 3. The van der Waals surface area contributed by atoms with Crippen molar-refractivity contribution in [1.82, 2.24) is 4.98 Å². The number of nitrogens with zero attached hydrogens (tertiary/aromatic N) is 1. The predicted molar refractivity (Wildman–Crippen MR) is 49.9 cm³/mol. The van der Waals surface area contributed by atoms with Gasteiger partial charge in [0.25, 0.3) is 0 Å². The summed E-state index contributed by atoms with van der Waals surface area (Å²) in [6, 6.07) is 2.74. The van der Waals surface area contributed by atoms with Crippen LogP contribution >= 0.6 is 12.4 Å². The Bertz CT molecular complexity index is 291. The number of ether oxygens (including phenoxy) is 1. The van der Waals surface area contributed by atoms with Crippen molar-refractivity contribution in [2.75, 3.05) is 13.3 Å². The fraction of sp³-hybridized carbons (Fsp3) is 0.250. The smallest absolute Gasteiger partial charge is 0.354 e. The number of carbonyl (C=O) groups is 1. The van der Waals surface area contributed by atoms with E-state index in [1.807, 2.05) is 0 Å². The molecule has 0 saturated heterocycles. The van der Waals surface area contributed by atoms with Crippen molar-refractivity contribution in [3.05, 3.63) is 24.0 Å². The molecule has 0 aliphatic heterocycles. The third-order valence-electron chi connectivity index (χ3n) is 1.30. The highest BCUT2D eigenvalue weighted by atomic mass is 35.5. The van der Waals surface area contributed by atoms with Crippen LogP contribution in [0.25, 0.3) is 0 Å². The molecular weight excluding hydrogens is 213 g/mol. The highest BCUT2D eigenvalue weighted by Crippen LogP contribution is 2.08. The molecule has 0 aromatic carbocycles. The Kier molecular flexibility index (Phi) is 5.55. The average molecular weight is 222 g/mol. The number of rotatable bonds is 4. The van der Waals surface area contributed by atoms with Crippen LogP contribution in [0.5, 0.6) is 5.75 Å². The summed E-state index contributed by atoms with van der Waals surface area (Å²) in [5.74, 6) is -0.736. The quantitative estimate of drug-likeness (QED) is 0.838. The second kappa shape index (κ2) is 6.15. The van der Waals surface area contributed by atoms with E-state index in [1.54, 1.807) is 0 Å². The van der Waals surface area contributed by atoms with Crippen molar-refractivity contribution in [2.24, 2.45) is 0 Å². The molecule has 0 spiro atoms. The van der Waals surface area contributed by atoms with Gasteiger partial charge in [-0.1, -0.05) is 0 Å². The summed E-state index contributed by atoms with van der Waals surface area (Å²) in [5.41, 5.74) is -0.0624. The molecule has 1 aromatic rings. The lowest BCUT2D eigenvalue weighted by molar-refractivity contribution is 0.0690. The van der Waals surface area contributed by atoms with Gasteiger partial charge in [0.15, 0.2) is 0 Å². The predicted octanol–water partition coefficient (Wildman–Crippen LogP) is 1.55. The van der Waals surface area contributed by atoms with Crippen molar-refractivity contribution < 1.29 is 19.0 Å². The van der Waals surface area contributed by atoms with Crippen LogP contribution < -0.4 is 4.74 Å². The van der Waals surface area contributed by atoms with E-state index in [9.17, 15) is 9.18 Å². The van der Waals surface area contributed by atoms with Crippen LogP contribution in [-0.2, 0) is 0 Å². The van der Waals surface area contributed by atoms with Crippen LogP contribution in [0, 0.1) is 0 Å². The lowest BCUT2D eigenvalue weighted by Crippen LogP contribution is -2.02. The van der Waals surface area contributed by atoms with E-state index < -0.39 is 12.6 Å². The van der Waals surface area contributed by atoms with Crippen LogP contribution in [0.4, 0.5) is 4.39 Å². The van der Waals surface area contributed by atoms with Gasteiger partial charge < -0.3 is 9.84 Å².